The number of aryl methyl sites for hydroxylation is 1. The topological polar surface area (TPSA) is 67.6 Å². The highest BCUT2D eigenvalue weighted by Gasteiger charge is 2.47. The van der Waals surface area contributed by atoms with Crippen molar-refractivity contribution >= 4 is 17.1 Å². The second kappa shape index (κ2) is 8.49. The molecule has 33 heavy (non-hydrogen) atoms. The molecule has 2 heterocycles. The average molecular weight is 450 g/mol. The van der Waals surface area contributed by atoms with E-state index in [-0.39, 0.29) is 18.1 Å². The molecule has 1 amide bonds. The molecule has 0 aliphatic carbocycles. The van der Waals surface area contributed by atoms with Crippen LogP contribution in [0, 0.1) is 5.92 Å². The van der Waals surface area contributed by atoms with Crippen LogP contribution >= 0.6 is 0 Å². The van der Waals surface area contributed by atoms with Gasteiger partial charge in [-0.25, -0.2) is 9.78 Å². The van der Waals surface area contributed by atoms with Crippen molar-refractivity contribution < 1.29 is 14.6 Å². The molecule has 6 heteroatoms. The van der Waals surface area contributed by atoms with E-state index in [0.717, 1.165) is 27.7 Å². The maximum atomic E-state index is 13.0. The van der Waals surface area contributed by atoms with E-state index in [0.29, 0.717) is 19.4 Å². The first-order valence-electron chi connectivity index (χ1n) is 11.7. The van der Waals surface area contributed by atoms with Gasteiger partial charge in [-0.3, -0.25) is 0 Å². The lowest BCUT2D eigenvalue weighted by Gasteiger charge is -2.47. The van der Waals surface area contributed by atoms with Crippen molar-refractivity contribution in [3.63, 3.8) is 0 Å². The van der Waals surface area contributed by atoms with Crippen LogP contribution in [-0.4, -0.2) is 43.4 Å². The van der Waals surface area contributed by atoms with Gasteiger partial charge in [-0.05, 0) is 55.5 Å². The van der Waals surface area contributed by atoms with Gasteiger partial charge in [0, 0.05) is 26.4 Å². The number of imidazole rings is 1. The Morgan fingerprint density at radius 3 is 2.39 bits per heavy atom. The highest BCUT2D eigenvalue weighted by atomic mass is 16.6. The fourth-order valence-electron chi connectivity index (χ4n) is 4.95. The van der Waals surface area contributed by atoms with Crippen molar-refractivity contribution in [1.29, 1.82) is 0 Å². The summed E-state index contributed by atoms with van der Waals surface area (Å²) < 4.78 is 8.03. The van der Waals surface area contributed by atoms with E-state index in [1.54, 1.807) is 18.7 Å². The number of amides is 1. The third-order valence-electron chi connectivity index (χ3n) is 7.00. The van der Waals surface area contributed by atoms with E-state index in [4.69, 9.17) is 4.74 Å². The van der Waals surface area contributed by atoms with Crippen molar-refractivity contribution in [3.05, 3.63) is 54.4 Å². The molecule has 1 saturated heterocycles. The zero-order valence-corrected chi connectivity index (χ0v) is 20.5. The van der Waals surface area contributed by atoms with Gasteiger partial charge in [-0.2, -0.15) is 0 Å². The Hall–Kier alpha value is -2.86. The van der Waals surface area contributed by atoms with Crippen LogP contribution in [0.3, 0.4) is 0 Å². The van der Waals surface area contributed by atoms with Crippen molar-refractivity contribution in [1.82, 2.24) is 14.5 Å². The fourth-order valence-corrected chi connectivity index (χ4v) is 4.95. The van der Waals surface area contributed by atoms with E-state index in [2.05, 4.69) is 61.3 Å². The molecule has 6 nitrogen and oxygen atoms in total. The standard InChI is InChI=1S/C27H35N3O3/c1-18(2)27(16-26(4,5)32)13-14-30(25(31)33-27)19(3)20-7-9-21(10-8-20)22-11-12-24-23(15-22)28-17-29(24)6/h7-12,15,17-19,32H,13-14,16H2,1-6H3. The van der Waals surface area contributed by atoms with E-state index in [1.807, 2.05) is 24.9 Å². The zero-order valence-electron chi connectivity index (χ0n) is 20.5. The number of ether oxygens (including phenoxy) is 1. The van der Waals surface area contributed by atoms with Gasteiger partial charge < -0.3 is 19.3 Å². The number of hydrogen-bond acceptors (Lipinski definition) is 4. The SMILES string of the molecule is CC(c1ccc(-c2ccc3c(c2)ncn3C)cc1)N1CCC(CC(C)(C)O)(C(C)C)OC1=O. The van der Waals surface area contributed by atoms with Gasteiger partial charge in [0.25, 0.3) is 0 Å². The molecule has 1 fully saturated rings. The molecular weight excluding hydrogens is 414 g/mol. The number of hydrogen-bond donors (Lipinski definition) is 1. The van der Waals surface area contributed by atoms with Crippen LogP contribution in [0.5, 0.6) is 0 Å². The summed E-state index contributed by atoms with van der Waals surface area (Å²) in [7, 11) is 1.99. The van der Waals surface area contributed by atoms with Gasteiger partial charge in [0.1, 0.15) is 5.60 Å². The number of cyclic esters (lactones) is 1. The molecule has 2 aromatic carbocycles. The molecule has 1 N–H and O–H groups in total. The summed E-state index contributed by atoms with van der Waals surface area (Å²) in [5.74, 6) is 0.126. The summed E-state index contributed by atoms with van der Waals surface area (Å²) in [5.41, 5.74) is 3.84. The molecule has 0 bridgehead atoms. The smallest absolute Gasteiger partial charge is 0.410 e. The highest BCUT2D eigenvalue weighted by molar-refractivity contribution is 5.82. The lowest BCUT2D eigenvalue weighted by molar-refractivity contribution is -0.119. The summed E-state index contributed by atoms with van der Waals surface area (Å²) in [6.07, 6.45) is 2.65. The normalized spacial score (nSPS) is 20.4. The molecule has 4 rings (SSSR count). The Kier molecular flexibility index (Phi) is 5.99. The van der Waals surface area contributed by atoms with Gasteiger partial charge in [0.2, 0.25) is 0 Å². The maximum Gasteiger partial charge on any atom is 0.410 e. The molecule has 0 saturated carbocycles. The lowest BCUT2D eigenvalue weighted by atomic mass is 9.77. The maximum absolute atomic E-state index is 13.0. The summed E-state index contributed by atoms with van der Waals surface area (Å²) >= 11 is 0. The number of aromatic nitrogens is 2. The van der Waals surface area contributed by atoms with Gasteiger partial charge in [0.05, 0.1) is 29.0 Å². The summed E-state index contributed by atoms with van der Waals surface area (Å²) in [4.78, 5) is 19.3. The fraction of sp³-hybridized carbons (Fsp3) is 0.481. The number of carbonyl (C=O) groups is 1. The Morgan fingerprint density at radius 2 is 1.79 bits per heavy atom. The number of benzene rings is 2. The van der Waals surface area contributed by atoms with Crippen molar-refractivity contribution in [3.8, 4) is 11.1 Å². The van der Waals surface area contributed by atoms with Crippen LogP contribution in [0.25, 0.3) is 22.2 Å². The van der Waals surface area contributed by atoms with Crippen LogP contribution in [-0.2, 0) is 11.8 Å². The molecular formula is C27H35N3O3. The molecule has 3 aromatic rings. The van der Waals surface area contributed by atoms with Crippen LogP contribution in [0.15, 0.2) is 48.8 Å². The predicted molar refractivity (Wildman–Crippen MR) is 131 cm³/mol. The van der Waals surface area contributed by atoms with Gasteiger partial charge in [-0.15, -0.1) is 0 Å². The van der Waals surface area contributed by atoms with E-state index in [9.17, 15) is 9.90 Å². The summed E-state index contributed by atoms with van der Waals surface area (Å²) in [6.45, 7) is 10.3. The molecule has 0 radical (unpaired) electrons. The quantitative estimate of drug-likeness (QED) is 0.524. The molecule has 2 unspecified atom stereocenters. The van der Waals surface area contributed by atoms with E-state index >= 15 is 0 Å². The predicted octanol–water partition coefficient (Wildman–Crippen LogP) is 5.70. The minimum Gasteiger partial charge on any atom is -0.442 e. The Morgan fingerprint density at radius 1 is 1.12 bits per heavy atom. The van der Waals surface area contributed by atoms with Crippen LogP contribution in [0.1, 0.15) is 59.1 Å². The first-order chi connectivity index (χ1) is 15.5. The Bertz CT molecular complexity index is 1140. The Balaban J connectivity index is 1.50. The third-order valence-corrected chi connectivity index (χ3v) is 7.00. The van der Waals surface area contributed by atoms with E-state index in [1.165, 1.54) is 0 Å². The molecule has 176 valence electrons. The minimum atomic E-state index is -0.896. The molecule has 0 spiro atoms. The van der Waals surface area contributed by atoms with Gasteiger partial charge >= 0.3 is 6.09 Å². The first-order valence-corrected chi connectivity index (χ1v) is 11.7. The number of carbonyl (C=O) groups excluding carboxylic acids is 1. The second-order valence-corrected chi connectivity index (χ2v) is 10.4. The minimum absolute atomic E-state index is 0.0999. The van der Waals surface area contributed by atoms with Crippen molar-refractivity contribution in [2.24, 2.45) is 13.0 Å². The number of aliphatic hydroxyl groups is 1. The second-order valence-electron chi connectivity index (χ2n) is 10.4. The van der Waals surface area contributed by atoms with Crippen LogP contribution < -0.4 is 0 Å². The van der Waals surface area contributed by atoms with E-state index < -0.39 is 11.2 Å². The van der Waals surface area contributed by atoms with Crippen molar-refractivity contribution in [2.75, 3.05) is 6.54 Å². The van der Waals surface area contributed by atoms with Gasteiger partial charge in [-0.1, -0.05) is 44.2 Å². The average Bonchev–Trinajstić information content (AvgIpc) is 3.12. The number of rotatable bonds is 6. The van der Waals surface area contributed by atoms with Crippen LogP contribution in [0.4, 0.5) is 4.79 Å². The largest absolute Gasteiger partial charge is 0.442 e. The summed E-state index contributed by atoms with van der Waals surface area (Å²) in [5, 5.41) is 10.4. The molecule has 1 aromatic heterocycles. The molecule has 1 aliphatic rings. The number of nitrogens with zero attached hydrogens (tertiary/aromatic N) is 3. The van der Waals surface area contributed by atoms with Crippen molar-refractivity contribution in [2.45, 2.75) is 64.7 Å². The first kappa shape index (κ1) is 23.3. The number of fused-ring (bicyclic) bond motifs is 1. The lowest BCUT2D eigenvalue weighted by Crippen LogP contribution is -2.55. The highest BCUT2D eigenvalue weighted by Crippen LogP contribution is 2.40. The molecule has 1 aliphatic heterocycles. The zero-order chi connectivity index (χ0) is 24.0. The summed E-state index contributed by atoms with van der Waals surface area (Å²) in [6, 6.07) is 14.6. The van der Waals surface area contributed by atoms with Gasteiger partial charge in [0.15, 0.2) is 0 Å². The Labute approximate surface area is 196 Å². The monoisotopic (exact) mass is 449 g/mol. The van der Waals surface area contributed by atoms with Crippen LogP contribution in [0.2, 0.25) is 0 Å². The molecule has 2 atom stereocenters. The third kappa shape index (κ3) is 4.62.